The van der Waals surface area contributed by atoms with E-state index in [4.69, 9.17) is 0 Å². The van der Waals surface area contributed by atoms with Gasteiger partial charge in [0, 0.05) is 19.6 Å². The summed E-state index contributed by atoms with van der Waals surface area (Å²) in [5.41, 5.74) is 0.380. The van der Waals surface area contributed by atoms with E-state index >= 15 is 0 Å². The molecule has 0 radical (unpaired) electrons. The molecule has 1 saturated heterocycles. The van der Waals surface area contributed by atoms with Crippen LogP contribution < -0.4 is 5.32 Å². The van der Waals surface area contributed by atoms with E-state index in [1.54, 1.807) is 0 Å². The molecule has 5 heteroatoms. The van der Waals surface area contributed by atoms with Crippen molar-refractivity contribution in [2.75, 3.05) is 33.3 Å². The molecule has 0 saturated carbocycles. The summed E-state index contributed by atoms with van der Waals surface area (Å²) in [7, 11) is 1.41. The number of likely N-dealkylation sites (tertiary alicyclic amines) is 1. The van der Waals surface area contributed by atoms with Crippen molar-refractivity contribution >= 4 is 11.9 Å². The van der Waals surface area contributed by atoms with Gasteiger partial charge in [-0.1, -0.05) is 20.3 Å². The molecule has 1 aliphatic rings. The number of carbonyl (C=O) groups is 1. The van der Waals surface area contributed by atoms with Crippen molar-refractivity contribution < 1.29 is 9.53 Å². The first-order valence-electron chi connectivity index (χ1n) is 8.14. The molecule has 5 nitrogen and oxygen atoms in total. The lowest BCUT2D eigenvalue weighted by Crippen LogP contribution is -2.49. The van der Waals surface area contributed by atoms with Crippen molar-refractivity contribution in [3.05, 3.63) is 0 Å². The number of aliphatic imine (C=N–C) groups is 1. The summed E-state index contributed by atoms with van der Waals surface area (Å²) in [4.78, 5) is 18.1. The molecule has 1 atom stereocenters. The Morgan fingerprint density at radius 3 is 2.81 bits per heavy atom. The normalized spacial score (nSPS) is 23.0. The molecular formula is C16H31N3O2. The second kappa shape index (κ2) is 8.90. The molecule has 122 valence electrons. The minimum absolute atomic E-state index is 0.205. The highest BCUT2D eigenvalue weighted by atomic mass is 16.5. The Bertz CT molecular complexity index is 353. The average molecular weight is 297 g/mol. The van der Waals surface area contributed by atoms with Crippen LogP contribution in [0.3, 0.4) is 0 Å². The maximum Gasteiger partial charge on any atom is 0.307 e. The Morgan fingerprint density at radius 1 is 1.43 bits per heavy atom. The number of guanidine groups is 1. The topological polar surface area (TPSA) is 53.9 Å². The van der Waals surface area contributed by atoms with Crippen LogP contribution in [0, 0.1) is 5.41 Å². The zero-order valence-electron chi connectivity index (χ0n) is 14.1. The van der Waals surface area contributed by atoms with Gasteiger partial charge in [0.25, 0.3) is 0 Å². The molecule has 1 rings (SSSR count). The number of nitrogens with one attached hydrogen (secondary N) is 1. The van der Waals surface area contributed by atoms with Crippen LogP contribution in [0.4, 0.5) is 0 Å². The van der Waals surface area contributed by atoms with E-state index in [-0.39, 0.29) is 5.97 Å². The number of esters is 1. The predicted octanol–water partition coefficient (Wildman–Crippen LogP) is 2.42. The number of hydrogen-bond acceptors (Lipinski definition) is 3. The summed E-state index contributed by atoms with van der Waals surface area (Å²) in [6.45, 7) is 10.1. The molecule has 1 fully saturated rings. The number of piperidine rings is 1. The summed E-state index contributed by atoms with van der Waals surface area (Å²) >= 11 is 0. The first-order chi connectivity index (χ1) is 10.0. The fraction of sp³-hybridized carbons (Fsp3) is 0.875. The van der Waals surface area contributed by atoms with E-state index in [0.29, 0.717) is 18.4 Å². The summed E-state index contributed by atoms with van der Waals surface area (Å²) in [5.74, 6) is 0.729. The Hall–Kier alpha value is -1.26. The van der Waals surface area contributed by atoms with Crippen LogP contribution in [0.1, 0.15) is 52.9 Å². The minimum atomic E-state index is -0.205. The minimum Gasteiger partial charge on any atom is -0.469 e. The smallest absolute Gasteiger partial charge is 0.307 e. The first kappa shape index (κ1) is 17.8. The number of ether oxygens (including phenoxy) is 1. The van der Waals surface area contributed by atoms with Gasteiger partial charge >= 0.3 is 5.97 Å². The average Bonchev–Trinajstić information content (AvgIpc) is 2.46. The third kappa shape index (κ3) is 5.94. The molecular weight excluding hydrogens is 266 g/mol. The van der Waals surface area contributed by atoms with Crippen molar-refractivity contribution in [2.24, 2.45) is 10.4 Å². The molecule has 0 aromatic heterocycles. The summed E-state index contributed by atoms with van der Waals surface area (Å²) in [6.07, 6.45) is 5.31. The SMILES string of the molecule is CCCC1(C)CCCN(C(=NCCC(=O)OC)NCC)C1. The lowest BCUT2D eigenvalue weighted by Gasteiger charge is -2.42. The monoisotopic (exact) mass is 297 g/mol. The Kier molecular flexibility index (Phi) is 7.54. The van der Waals surface area contributed by atoms with E-state index in [1.807, 2.05) is 0 Å². The number of hydrogen-bond donors (Lipinski definition) is 1. The zero-order chi connectivity index (χ0) is 15.7. The molecule has 1 aliphatic heterocycles. The van der Waals surface area contributed by atoms with Crippen molar-refractivity contribution in [1.82, 2.24) is 10.2 Å². The van der Waals surface area contributed by atoms with Crippen LogP contribution in [0.2, 0.25) is 0 Å². The highest BCUT2D eigenvalue weighted by molar-refractivity contribution is 5.80. The molecule has 0 bridgehead atoms. The van der Waals surface area contributed by atoms with Gasteiger partial charge < -0.3 is 15.0 Å². The Labute approximate surface area is 129 Å². The van der Waals surface area contributed by atoms with Crippen LogP contribution in [-0.2, 0) is 9.53 Å². The second-order valence-corrected chi connectivity index (χ2v) is 6.15. The van der Waals surface area contributed by atoms with Gasteiger partial charge in [-0.3, -0.25) is 9.79 Å². The summed E-state index contributed by atoms with van der Waals surface area (Å²) in [6, 6.07) is 0. The van der Waals surface area contributed by atoms with Gasteiger partial charge in [-0.2, -0.15) is 0 Å². The number of carbonyl (C=O) groups excluding carboxylic acids is 1. The highest BCUT2D eigenvalue weighted by Gasteiger charge is 2.31. The van der Waals surface area contributed by atoms with E-state index in [9.17, 15) is 4.79 Å². The summed E-state index contributed by atoms with van der Waals surface area (Å²) < 4.78 is 4.66. The number of nitrogens with zero attached hydrogens (tertiary/aromatic N) is 2. The van der Waals surface area contributed by atoms with Gasteiger partial charge in [-0.25, -0.2) is 0 Å². The fourth-order valence-electron chi connectivity index (χ4n) is 3.08. The standard InChI is InChI=1S/C16H31N3O2/c1-5-9-16(3)10-7-12-19(13-16)15(17-6-2)18-11-8-14(20)21-4/h5-13H2,1-4H3,(H,17,18). The molecule has 0 spiro atoms. The van der Waals surface area contributed by atoms with Gasteiger partial charge in [0.2, 0.25) is 0 Å². The van der Waals surface area contributed by atoms with Gasteiger partial charge in [-0.15, -0.1) is 0 Å². The maximum atomic E-state index is 11.2. The van der Waals surface area contributed by atoms with E-state index in [0.717, 1.165) is 25.6 Å². The van der Waals surface area contributed by atoms with Crippen LogP contribution >= 0.6 is 0 Å². The first-order valence-corrected chi connectivity index (χ1v) is 8.14. The van der Waals surface area contributed by atoms with E-state index < -0.39 is 0 Å². The molecule has 0 aliphatic carbocycles. The molecule has 21 heavy (non-hydrogen) atoms. The summed E-state index contributed by atoms with van der Waals surface area (Å²) in [5, 5.41) is 3.35. The van der Waals surface area contributed by atoms with Gasteiger partial charge in [0.05, 0.1) is 20.1 Å². The fourth-order valence-corrected chi connectivity index (χ4v) is 3.08. The molecule has 1 N–H and O–H groups in total. The molecule has 0 aromatic carbocycles. The van der Waals surface area contributed by atoms with Crippen LogP contribution in [0.25, 0.3) is 0 Å². The molecule has 0 aromatic rings. The zero-order valence-corrected chi connectivity index (χ0v) is 14.1. The van der Waals surface area contributed by atoms with E-state index in [2.05, 4.69) is 40.7 Å². The highest BCUT2D eigenvalue weighted by Crippen LogP contribution is 2.33. The predicted molar refractivity (Wildman–Crippen MR) is 86.4 cm³/mol. The van der Waals surface area contributed by atoms with Gasteiger partial charge in [0.1, 0.15) is 0 Å². The van der Waals surface area contributed by atoms with Crippen LogP contribution in [0.5, 0.6) is 0 Å². The lowest BCUT2D eigenvalue weighted by molar-refractivity contribution is -0.140. The maximum absolute atomic E-state index is 11.2. The third-order valence-corrected chi connectivity index (χ3v) is 4.07. The van der Waals surface area contributed by atoms with E-state index in [1.165, 1.54) is 32.8 Å². The van der Waals surface area contributed by atoms with Gasteiger partial charge in [0.15, 0.2) is 5.96 Å². The number of methoxy groups -OCH3 is 1. The van der Waals surface area contributed by atoms with Crippen molar-refractivity contribution in [3.63, 3.8) is 0 Å². The van der Waals surface area contributed by atoms with Crippen LogP contribution in [0.15, 0.2) is 4.99 Å². The van der Waals surface area contributed by atoms with Crippen molar-refractivity contribution in [1.29, 1.82) is 0 Å². The molecule has 1 unspecified atom stereocenters. The van der Waals surface area contributed by atoms with Crippen LogP contribution in [-0.4, -0.2) is 50.1 Å². The third-order valence-electron chi connectivity index (χ3n) is 4.07. The Morgan fingerprint density at radius 2 is 2.19 bits per heavy atom. The molecule has 1 heterocycles. The van der Waals surface area contributed by atoms with Crippen molar-refractivity contribution in [3.8, 4) is 0 Å². The van der Waals surface area contributed by atoms with Gasteiger partial charge in [-0.05, 0) is 31.6 Å². The number of rotatable bonds is 6. The van der Waals surface area contributed by atoms with Crippen molar-refractivity contribution in [2.45, 2.75) is 52.9 Å². The Balaban J connectivity index is 2.65. The second-order valence-electron chi connectivity index (χ2n) is 6.15. The lowest BCUT2D eigenvalue weighted by atomic mass is 9.78. The molecule has 0 amide bonds. The quantitative estimate of drug-likeness (QED) is 0.465. The largest absolute Gasteiger partial charge is 0.469 e.